The molecule has 0 spiro atoms. The lowest BCUT2D eigenvalue weighted by molar-refractivity contribution is 0.414. The SMILES string of the molecule is COc1ccccc1/C=C/c1ccnc2ccccc12. The van der Waals surface area contributed by atoms with Gasteiger partial charge in [-0.25, -0.2) is 0 Å². The molecule has 1 heterocycles. The first-order chi connectivity index (χ1) is 9.88. The van der Waals surface area contributed by atoms with Gasteiger partial charge in [0.15, 0.2) is 0 Å². The molecule has 0 N–H and O–H groups in total. The van der Waals surface area contributed by atoms with E-state index >= 15 is 0 Å². The van der Waals surface area contributed by atoms with E-state index in [0.717, 1.165) is 27.8 Å². The highest BCUT2D eigenvalue weighted by Gasteiger charge is 1.99. The van der Waals surface area contributed by atoms with Gasteiger partial charge in [0.05, 0.1) is 12.6 Å². The summed E-state index contributed by atoms with van der Waals surface area (Å²) in [5.41, 5.74) is 3.23. The maximum Gasteiger partial charge on any atom is 0.126 e. The minimum absolute atomic E-state index is 0.877. The van der Waals surface area contributed by atoms with E-state index in [0.29, 0.717) is 0 Å². The van der Waals surface area contributed by atoms with Crippen molar-refractivity contribution in [2.45, 2.75) is 0 Å². The number of hydrogen-bond acceptors (Lipinski definition) is 2. The lowest BCUT2D eigenvalue weighted by atomic mass is 10.1. The van der Waals surface area contributed by atoms with E-state index < -0.39 is 0 Å². The molecule has 0 aliphatic heterocycles. The highest BCUT2D eigenvalue weighted by atomic mass is 16.5. The number of fused-ring (bicyclic) bond motifs is 1. The van der Waals surface area contributed by atoms with Gasteiger partial charge in [-0.2, -0.15) is 0 Å². The maximum absolute atomic E-state index is 5.36. The van der Waals surface area contributed by atoms with Crippen LogP contribution >= 0.6 is 0 Å². The Labute approximate surface area is 118 Å². The molecule has 0 unspecified atom stereocenters. The molecule has 0 amide bonds. The zero-order valence-corrected chi connectivity index (χ0v) is 11.3. The largest absolute Gasteiger partial charge is 0.496 e. The van der Waals surface area contributed by atoms with Crippen molar-refractivity contribution in [1.82, 2.24) is 4.98 Å². The second-order valence-electron chi connectivity index (χ2n) is 4.49. The van der Waals surface area contributed by atoms with Crippen molar-refractivity contribution in [2.24, 2.45) is 0 Å². The lowest BCUT2D eigenvalue weighted by Crippen LogP contribution is -1.86. The molecule has 0 atom stereocenters. The van der Waals surface area contributed by atoms with Crippen molar-refractivity contribution in [2.75, 3.05) is 7.11 Å². The maximum atomic E-state index is 5.36. The summed E-state index contributed by atoms with van der Waals surface area (Å²) in [6.45, 7) is 0. The van der Waals surface area contributed by atoms with Crippen molar-refractivity contribution < 1.29 is 4.74 Å². The van der Waals surface area contributed by atoms with E-state index in [2.05, 4.69) is 23.2 Å². The van der Waals surface area contributed by atoms with Crippen LogP contribution in [0.25, 0.3) is 23.1 Å². The van der Waals surface area contributed by atoms with E-state index in [-0.39, 0.29) is 0 Å². The smallest absolute Gasteiger partial charge is 0.126 e. The second-order valence-corrected chi connectivity index (χ2v) is 4.49. The summed E-state index contributed by atoms with van der Waals surface area (Å²) < 4.78 is 5.36. The summed E-state index contributed by atoms with van der Waals surface area (Å²) in [6, 6.07) is 18.1. The third-order valence-electron chi connectivity index (χ3n) is 3.26. The Bertz CT molecular complexity index is 757. The Morgan fingerprint density at radius 2 is 1.60 bits per heavy atom. The van der Waals surface area contributed by atoms with Gasteiger partial charge in [-0.15, -0.1) is 0 Å². The molecular weight excluding hydrogens is 246 g/mol. The van der Waals surface area contributed by atoms with Crippen LogP contribution in [-0.4, -0.2) is 12.1 Å². The van der Waals surface area contributed by atoms with Crippen LogP contribution in [0.1, 0.15) is 11.1 Å². The highest BCUT2D eigenvalue weighted by Crippen LogP contribution is 2.22. The first kappa shape index (κ1) is 12.4. The van der Waals surface area contributed by atoms with Crippen LogP contribution in [-0.2, 0) is 0 Å². The van der Waals surface area contributed by atoms with Crippen molar-refractivity contribution >= 4 is 23.1 Å². The Hall–Kier alpha value is -2.61. The molecule has 20 heavy (non-hydrogen) atoms. The average Bonchev–Trinajstić information content (AvgIpc) is 2.53. The molecule has 0 aliphatic carbocycles. The van der Waals surface area contributed by atoms with Gasteiger partial charge < -0.3 is 4.74 Å². The summed E-state index contributed by atoms with van der Waals surface area (Å²) in [5.74, 6) is 0.877. The number of ether oxygens (including phenoxy) is 1. The van der Waals surface area contributed by atoms with Gasteiger partial charge in [-0.1, -0.05) is 48.6 Å². The lowest BCUT2D eigenvalue weighted by Gasteiger charge is -2.04. The number of benzene rings is 2. The molecule has 0 radical (unpaired) electrons. The van der Waals surface area contributed by atoms with E-state index in [4.69, 9.17) is 4.74 Å². The number of nitrogens with zero attached hydrogens (tertiary/aromatic N) is 1. The molecule has 2 heteroatoms. The molecule has 0 saturated heterocycles. The molecule has 2 aromatic carbocycles. The quantitative estimate of drug-likeness (QED) is 0.696. The molecule has 1 aromatic heterocycles. The van der Waals surface area contributed by atoms with E-state index in [1.165, 1.54) is 0 Å². The van der Waals surface area contributed by atoms with Crippen LogP contribution in [0.15, 0.2) is 60.8 Å². The summed E-state index contributed by atoms with van der Waals surface area (Å²) in [4.78, 5) is 4.37. The Kier molecular flexibility index (Phi) is 3.46. The number of rotatable bonds is 3. The van der Waals surface area contributed by atoms with E-state index in [1.807, 2.05) is 54.7 Å². The van der Waals surface area contributed by atoms with Crippen molar-refractivity contribution in [1.29, 1.82) is 0 Å². The summed E-state index contributed by atoms with van der Waals surface area (Å²) in [6.07, 6.45) is 6.01. The van der Waals surface area contributed by atoms with Gasteiger partial charge in [-0.3, -0.25) is 4.98 Å². The second kappa shape index (κ2) is 5.57. The molecule has 2 nitrogen and oxygen atoms in total. The summed E-state index contributed by atoms with van der Waals surface area (Å²) in [7, 11) is 1.69. The summed E-state index contributed by atoms with van der Waals surface area (Å²) >= 11 is 0. The standard InChI is InChI=1S/C18H15NO/c1-20-18-9-5-2-6-15(18)11-10-14-12-13-19-17-8-4-3-7-16(14)17/h2-13H,1H3/b11-10+. The topological polar surface area (TPSA) is 22.1 Å². The van der Waals surface area contributed by atoms with Crippen molar-refractivity contribution in [3.8, 4) is 5.75 Å². The third kappa shape index (κ3) is 2.41. The molecule has 3 rings (SSSR count). The molecule has 98 valence electrons. The predicted molar refractivity (Wildman–Crippen MR) is 83.7 cm³/mol. The fourth-order valence-electron chi connectivity index (χ4n) is 2.25. The fraction of sp³-hybridized carbons (Fsp3) is 0.0556. The van der Waals surface area contributed by atoms with Crippen LogP contribution < -0.4 is 4.74 Å². The van der Waals surface area contributed by atoms with Crippen LogP contribution in [0.4, 0.5) is 0 Å². The number of para-hydroxylation sites is 2. The normalized spacial score (nSPS) is 11.1. The van der Waals surface area contributed by atoms with Gasteiger partial charge in [0.25, 0.3) is 0 Å². The van der Waals surface area contributed by atoms with Gasteiger partial charge >= 0.3 is 0 Å². The molecule has 0 bridgehead atoms. The fourth-order valence-corrected chi connectivity index (χ4v) is 2.25. The predicted octanol–water partition coefficient (Wildman–Crippen LogP) is 4.41. The molecule has 0 fully saturated rings. The van der Waals surface area contributed by atoms with E-state index in [1.54, 1.807) is 7.11 Å². The monoisotopic (exact) mass is 261 g/mol. The number of hydrogen-bond donors (Lipinski definition) is 0. The minimum Gasteiger partial charge on any atom is -0.496 e. The minimum atomic E-state index is 0.877. The Morgan fingerprint density at radius 1 is 0.850 bits per heavy atom. The Balaban J connectivity index is 2.03. The zero-order chi connectivity index (χ0) is 13.8. The number of methoxy groups -OCH3 is 1. The van der Waals surface area contributed by atoms with Crippen LogP contribution in [0.5, 0.6) is 5.75 Å². The van der Waals surface area contributed by atoms with Crippen LogP contribution in [0, 0.1) is 0 Å². The van der Waals surface area contributed by atoms with Gasteiger partial charge in [0.1, 0.15) is 5.75 Å². The van der Waals surface area contributed by atoms with Crippen molar-refractivity contribution in [3.05, 3.63) is 71.9 Å². The van der Waals surface area contributed by atoms with Crippen LogP contribution in [0.3, 0.4) is 0 Å². The number of aromatic nitrogens is 1. The molecule has 3 aromatic rings. The van der Waals surface area contributed by atoms with E-state index in [9.17, 15) is 0 Å². The summed E-state index contributed by atoms with van der Waals surface area (Å²) in [5, 5.41) is 1.15. The third-order valence-corrected chi connectivity index (χ3v) is 3.26. The Morgan fingerprint density at radius 3 is 2.50 bits per heavy atom. The van der Waals surface area contributed by atoms with Crippen molar-refractivity contribution in [3.63, 3.8) is 0 Å². The molecule has 0 saturated carbocycles. The first-order valence-corrected chi connectivity index (χ1v) is 6.53. The number of pyridine rings is 1. The molecule has 0 aliphatic rings. The van der Waals surface area contributed by atoms with Gasteiger partial charge in [-0.05, 0) is 23.8 Å². The average molecular weight is 261 g/mol. The highest BCUT2D eigenvalue weighted by molar-refractivity contribution is 5.90. The first-order valence-electron chi connectivity index (χ1n) is 6.53. The van der Waals surface area contributed by atoms with Gasteiger partial charge in [0, 0.05) is 17.1 Å². The zero-order valence-electron chi connectivity index (χ0n) is 11.3. The molecular formula is C18H15NO. The van der Waals surface area contributed by atoms with Gasteiger partial charge in [0.2, 0.25) is 0 Å². The van der Waals surface area contributed by atoms with Crippen LogP contribution in [0.2, 0.25) is 0 Å².